The molecular formula is C15H19N3O2S. The highest BCUT2D eigenvalue weighted by Gasteiger charge is 2.33. The summed E-state index contributed by atoms with van der Waals surface area (Å²) in [6.07, 6.45) is 6.29. The summed E-state index contributed by atoms with van der Waals surface area (Å²) >= 11 is 1.61. The maximum Gasteiger partial charge on any atom is 0.276 e. The molecule has 1 aliphatic heterocycles. The van der Waals surface area contributed by atoms with E-state index in [-0.39, 0.29) is 17.9 Å². The number of oxazole rings is 1. The van der Waals surface area contributed by atoms with Crippen molar-refractivity contribution < 1.29 is 9.21 Å². The molecule has 3 heterocycles. The molecule has 2 aromatic heterocycles. The third kappa shape index (κ3) is 2.72. The van der Waals surface area contributed by atoms with Crippen LogP contribution < -0.4 is 0 Å². The van der Waals surface area contributed by atoms with E-state index in [2.05, 4.69) is 9.97 Å². The van der Waals surface area contributed by atoms with Crippen molar-refractivity contribution in [1.82, 2.24) is 14.9 Å². The summed E-state index contributed by atoms with van der Waals surface area (Å²) < 4.78 is 5.39. The van der Waals surface area contributed by atoms with Crippen molar-refractivity contribution >= 4 is 17.2 Å². The number of nitrogens with zero attached hydrogens (tertiary/aromatic N) is 3. The Labute approximate surface area is 128 Å². The Morgan fingerprint density at radius 3 is 3.00 bits per heavy atom. The fourth-order valence-electron chi connectivity index (χ4n) is 2.79. The standard InChI is InChI=1S/C15H19N3O2S/c1-10(2)13-12(17-9-20-13)15(19)18-7-4-3-5-11(18)14-16-6-8-21-14/h6,8-11H,3-5,7H2,1-2H3/t11-/m0/s1. The molecule has 0 spiro atoms. The van der Waals surface area contributed by atoms with E-state index in [1.54, 1.807) is 17.5 Å². The first kappa shape index (κ1) is 14.3. The summed E-state index contributed by atoms with van der Waals surface area (Å²) in [6, 6.07) is 0.0722. The van der Waals surface area contributed by atoms with Gasteiger partial charge in [0.1, 0.15) is 10.8 Å². The molecule has 0 saturated carbocycles. The molecule has 0 radical (unpaired) electrons. The Kier molecular flexibility index (Phi) is 4.05. The van der Waals surface area contributed by atoms with Gasteiger partial charge in [-0.25, -0.2) is 9.97 Å². The molecule has 112 valence electrons. The number of likely N-dealkylation sites (tertiary alicyclic amines) is 1. The molecule has 1 amide bonds. The second-order valence-electron chi connectivity index (χ2n) is 5.60. The highest BCUT2D eigenvalue weighted by atomic mass is 32.1. The van der Waals surface area contributed by atoms with Crippen molar-refractivity contribution in [2.45, 2.75) is 45.1 Å². The van der Waals surface area contributed by atoms with Gasteiger partial charge in [0.25, 0.3) is 5.91 Å². The van der Waals surface area contributed by atoms with E-state index in [9.17, 15) is 4.79 Å². The lowest BCUT2D eigenvalue weighted by atomic mass is 10.0. The fourth-order valence-corrected chi connectivity index (χ4v) is 3.58. The predicted octanol–water partition coefficient (Wildman–Crippen LogP) is 3.62. The molecular weight excluding hydrogens is 286 g/mol. The number of thiazole rings is 1. The quantitative estimate of drug-likeness (QED) is 0.869. The Morgan fingerprint density at radius 1 is 1.43 bits per heavy atom. The van der Waals surface area contributed by atoms with E-state index in [0.29, 0.717) is 11.5 Å². The van der Waals surface area contributed by atoms with Crippen molar-refractivity contribution in [3.05, 3.63) is 34.4 Å². The third-order valence-corrected chi connectivity index (χ3v) is 4.70. The molecule has 3 rings (SSSR count). The number of carbonyl (C=O) groups is 1. The van der Waals surface area contributed by atoms with Crippen LogP contribution in [-0.2, 0) is 0 Å². The van der Waals surface area contributed by atoms with Crippen LogP contribution in [0.3, 0.4) is 0 Å². The Bertz CT molecular complexity index is 606. The molecule has 1 fully saturated rings. The van der Waals surface area contributed by atoms with Gasteiger partial charge >= 0.3 is 0 Å². The average Bonchev–Trinajstić information content (AvgIpc) is 3.17. The lowest BCUT2D eigenvalue weighted by Gasteiger charge is -2.34. The highest BCUT2D eigenvalue weighted by molar-refractivity contribution is 7.09. The second-order valence-corrected chi connectivity index (χ2v) is 6.53. The number of rotatable bonds is 3. The minimum atomic E-state index is -0.0349. The van der Waals surface area contributed by atoms with Gasteiger partial charge in [-0.05, 0) is 19.3 Å². The van der Waals surface area contributed by atoms with Gasteiger partial charge in [-0.15, -0.1) is 11.3 Å². The van der Waals surface area contributed by atoms with Crippen molar-refractivity contribution in [3.63, 3.8) is 0 Å². The van der Waals surface area contributed by atoms with Gasteiger partial charge in [0.2, 0.25) is 0 Å². The zero-order valence-electron chi connectivity index (χ0n) is 12.3. The SMILES string of the molecule is CC(C)c1ocnc1C(=O)N1CCCC[C@H]1c1nccs1. The molecule has 2 aromatic rings. The molecule has 1 atom stereocenters. The van der Waals surface area contributed by atoms with Gasteiger partial charge in [-0.1, -0.05) is 13.8 Å². The number of hydrogen-bond acceptors (Lipinski definition) is 5. The molecule has 21 heavy (non-hydrogen) atoms. The van der Waals surface area contributed by atoms with E-state index in [0.717, 1.165) is 30.8 Å². The molecule has 0 bridgehead atoms. The van der Waals surface area contributed by atoms with Gasteiger partial charge in [0, 0.05) is 24.0 Å². The summed E-state index contributed by atoms with van der Waals surface area (Å²) in [5.74, 6) is 0.783. The van der Waals surface area contributed by atoms with Crippen LogP contribution in [0.25, 0.3) is 0 Å². The molecule has 0 aromatic carbocycles. The van der Waals surface area contributed by atoms with Gasteiger partial charge in [-0.3, -0.25) is 4.79 Å². The van der Waals surface area contributed by atoms with Crippen molar-refractivity contribution in [2.24, 2.45) is 0 Å². The largest absolute Gasteiger partial charge is 0.447 e. The molecule has 0 unspecified atom stereocenters. The summed E-state index contributed by atoms with van der Waals surface area (Å²) in [6.45, 7) is 4.77. The van der Waals surface area contributed by atoms with Crippen molar-refractivity contribution in [3.8, 4) is 0 Å². The Balaban J connectivity index is 1.89. The van der Waals surface area contributed by atoms with Crippen LogP contribution in [0.5, 0.6) is 0 Å². The molecule has 0 N–H and O–H groups in total. The highest BCUT2D eigenvalue weighted by Crippen LogP contribution is 2.33. The Morgan fingerprint density at radius 2 is 2.29 bits per heavy atom. The first-order valence-electron chi connectivity index (χ1n) is 7.32. The van der Waals surface area contributed by atoms with Crippen LogP contribution in [0.1, 0.15) is 66.3 Å². The van der Waals surface area contributed by atoms with Crippen LogP contribution in [0.2, 0.25) is 0 Å². The minimum absolute atomic E-state index is 0.0349. The number of hydrogen-bond donors (Lipinski definition) is 0. The molecule has 0 aliphatic carbocycles. The molecule has 1 saturated heterocycles. The summed E-state index contributed by atoms with van der Waals surface area (Å²) in [4.78, 5) is 23.3. The van der Waals surface area contributed by atoms with E-state index in [1.165, 1.54) is 6.39 Å². The number of aromatic nitrogens is 2. The van der Waals surface area contributed by atoms with Gasteiger partial charge in [0.15, 0.2) is 12.1 Å². The fraction of sp³-hybridized carbons (Fsp3) is 0.533. The lowest BCUT2D eigenvalue weighted by Crippen LogP contribution is -2.39. The van der Waals surface area contributed by atoms with Gasteiger partial charge in [-0.2, -0.15) is 0 Å². The third-order valence-electron chi connectivity index (χ3n) is 3.82. The van der Waals surface area contributed by atoms with Crippen LogP contribution in [0.4, 0.5) is 0 Å². The zero-order valence-corrected chi connectivity index (χ0v) is 13.1. The van der Waals surface area contributed by atoms with Crippen LogP contribution in [0, 0.1) is 0 Å². The first-order chi connectivity index (χ1) is 10.2. The minimum Gasteiger partial charge on any atom is -0.447 e. The summed E-state index contributed by atoms with van der Waals surface area (Å²) in [7, 11) is 0. The maximum atomic E-state index is 12.9. The van der Waals surface area contributed by atoms with Crippen LogP contribution >= 0.6 is 11.3 Å². The van der Waals surface area contributed by atoms with E-state index in [4.69, 9.17) is 4.42 Å². The average molecular weight is 305 g/mol. The smallest absolute Gasteiger partial charge is 0.276 e. The second kappa shape index (κ2) is 5.97. The predicted molar refractivity (Wildman–Crippen MR) is 80.3 cm³/mol. The molecule has 1 aliphatic rings. The Hall–Kier alpha value is -1.69. The first-order valence-corrected chi connectivity index (χ1v) is 8.20. The van der Waals surface area contributed by atoms with E-state index < -0.39 is 0 Å². The van der Waals surface area contributed by atoms with Gasteiger partial charge in [0.05, 0.1) is 6.04 Å². The number of piperidine rings is 1. The maximum absolute atomic E-state index is 12.9. The summed E-state index contributed by atoms with van der Waals surface area (Å²) in [5, 5.41) is 2.97. The van der Waals surface area contributed by atoms with E-state index in [1.807, 2.05) is 24.1 Å². The van der Waals surface area contributed by atoms with Crippen molar-refractivity contribution in [1.29, 1.82) is 0 Å². The lowest BCUT2D eigenvalue weighted by molar-refractivity contribution is 0.0603. The normalized spacial score (nSPS) is 19.2. The van der Waals surface area contributed by atoms with Crippen molar-refractivity contribution in [2.75, 3.05) is 6.54 Å². The number of amides is 1. The molecule has 5 nitrogen and oxygen atoms in total. The monoisotopic (exact) mass is 305 g/mol. The zero-order chi connectivity index (χ0) is 14.8. The van der Waals surface area contributed by atoms with E-state index >= 15 is 0 Å². The number of carbonyl (C=O) groups excluding carboxylic acids is 1. The van der Waals surface area contributed by atoms with Crippen LogP contribution in [0.15, 0.2) is 22.4 Å². The topological polar surface area (TPSA) is 59.2 Å². The van der Waals surface area contributed by atoms with Crippen LogP contribution in [-0.4, -0.2) is 27.3 Å². The molecule has 6 heteroatoms. The van der Waals surface area contributed by atoms with Gasteiger partial charge < -0.3 is 9.32 Å². The summed E-state index contributed by atoms with van der Waals surface area (Å²) in [5.41, 5.74) is 0.452.